The van der Waals surface area contributed by atoms with Gasteiger partial charge in [0.25, 0.3) is 5.56 Å². The van der Waals surface area contributed by atoms with Crippen molar-refractivity contribution in [2.45, 2.75) is 6.92 Å². The first-order chi connectivity index (χ1) is 8.68. The Kier molecular flexibility index (Phi) is 2.33. The minimum absolute atomic E-state index is 0.0300. The lowest BCUT2D eigenvalue weighted by molar-refractivity contribution is 0.947. The van der Waals surface area contributed by atoms with Crippen molar-refractivity contribution in [1.82, 2.24) is 9.13 Å². The molecule has 0 spiro atoms. The molecule has 1 aromatic carbocycles. The van der Waals surface area contributed by atoms with Crippen LogP contribution in [0.1, 0.15) is 5.56 Å². The molecule has 18 heavy (non-hydrogen) atoms. The summed E-state index contributed by atoms with van der Waals surface area (Å²) in [6, 6.07) is 11.6. The molecule has 90 valence electrons. The average molecular weight is 238 g/mol. The van der Waals surface area contributed by atoms with Crippen molar-refractivity contribution < 1.29 is 0 Å². The molecular weight excluding hydrogens is 224 g/mol. The molecule has 0 bridgehead atoms. The lowest BCUT2D eigenvalue weighted by Crippen LogP contribution is -2.18. The van der Waals surface area contributed by atoms with E-state index in [0.717, 1.165) is 22.2 Å². The van der Waals surface area contributed by atoms with Gasteiger partial charge in [0.1, 0.15) is 0 Å². The van der Waals surface area contributed by atoms with Crippen molar-refractivity contribution in [2.75, 3.05) is 0 Å². The van der Waals surface area contributed by atoms with Crippen molar-refractivity contribution in [2.24, 2.45) is 7.05 Å². The van der Waals surface area contributed by atoms with Crippen LogP contribution in [0.3, 0.4) is 0 Å². The Hall–Kier alpha value is -2.29. The van der Waals surface area contributed by atoms with E-state index in [2.05, 4.69) is 0 Å². The van der Waals surface area contributed by atoms with E-state index < -0.39 is 0 Å². The van der Waals surface area contributed by atoms with Gasteiger partial charge in [-0.3, -0.25) is 9.36 Å². The molecule has 0 unspecified atom stereocenters. The van der Waals surface area contributed by atoms with Crippen molar-refractivity contribution in [1.29, 1.82) is 0 Å². The first-order valence-electron chi connectivity index (χ1n) is 5.91. The Bertz CT molecular complexity index is 766. The number of fused-ring (bicyclic) bond motifs is 1. The van der Waals surface area contributed by atoms with Gasteiger partial charge < -0.3 is 4.57 Å². The average Bonchev–Trinajstić information content (AvgIpc) is 2.78. The van der Waals surface area contributed by atoms with Gasteiger partial charge in [-0.1, -0.05) is 18.2 Å². The molecule has 0 N–H and O–H groups in total. The minimum atomic E-state index is 0.0300. The first-order valence-corrected chi connectivity index (χ1v) is 5.91. The molecule has 0 atom stereocenters. The Morgan fingerprint density at radius 3 is 2.50 bits per heavy atom. The summed E-state index contributed by atoms with van der Waals surface area (Å²) in [6.45, 7) is 2.03. The molecule has 0 aliphatic heterocycles. The van der Waals surface area contributed by atoms with Gasteiger partial charge in [0.05, 0.1) is 10.9 Å². The van der Waals surface area contributed by atoms with E-state index in [4.69, 9.17) is 0 Å². The van der Waals surface area contributed by atoms with Gasteiger partial charge in [0.15, 0.2) is 0 Å². The lowest BCUT2D eigenvalue weighted by atomic mass is 10.2. The highest BCUT2D eigenvalue weighted by Gasteiger charge is 2.09. The summed E-state index contributed by atoms with van der Waals surface area (Å²) in [5, 5.41) is 0.765. The Morgan fingerprint density at radius 1 is 1.06 bits per heavy atom. The number of aryl methyl sites for hydroxylation is 2. The first kappa shape index (κ1) is 10.8. The van der Waals surface area contributed by atoms with Crippen LogP contribution in [0.2, 0.25) is 0 Å². The molecule has 0 saturated carbocycles. The monoisotopic (exact) mass is 238 g/mol. The molecular formula is C15H14N2O. The van der Waals surface area contributed by atoms with Crippen molar-refractivity contribution in [3.05, 3.63) is 64.7 Å². The van der Waals surface area contributed by atoms with Gasteiger partial charge in [-0.2, -0.15) is 0 Å². The summed E-state index contributed by atoms with van der Waals surface area (Å²) >= 11 is 0. The van der Waals surface area contributed by atoms with Crippen LogP contribution in [0.25, 0.3) is 16.6 Å². The van der Waals surface area contributed by atoms with E-state index in [1.165, 1.54) is 0 Å². The molecule has 0 saturated heterocycles. The highest BCUT2D eigenvalue weighted by molar-refractivity contribution is 5.82. The SMILES string of the molecule is Cc1cn(-c2ccccc2)c(=O)c2ccn(C)c12. The maximum Gasteiger partial charge on any atom is 0.264 e. The van der Waals surface area contributed by atoms with Crippen LogP contribution in [0.4, 0.5) is 0 Å². The second-order valence-corrected chi connectivity index (χ2v) is 4.51. The zero-order valence-corrected chi connectivity index (χ0v) is 10.4. The van der Waals surface area contributed by atoms with Crippen LogP contribution >= 0.6 is 0 Å². The summed E-state index contributed by atoms with van der Waals surface area (Å²) in [5.41, 5.74) is 3.03. The highest BCUT2D eigenvalue weighted by Crippen LogP contribution is 2.17. The molecule has 3 nitrogen and oxygen atoms in total. The topological polar surface area (TPSA) is 26.9 Å². The predicted octanol–water partition coefficient (Wildman–Crippen LogP) is 2.64. The van der Waals surface area contributed by atoms with E-state index in [1.54, 1.807) is 4.57 Å². The van der Waals surface area contributed by atoms with E-state index in [1.807, 2.05) is 67.3 Å². The normalized spacial score (nSPS) is 11.0. The molecule has 0 aliphatic carbocycles. The number of pyridine rings is 1. The van der Waals surface area contributed by atoms with Gasteiger partial charge in [-0.25, -0.2) is 0 Å². The summed E-state index contributed by atoms with van der Waals surface area (Å²) < 4.78 is 3.69. The number of rotatable bonds is 1. The fourth-order valence-corrected chi connectivity index (χ4v) is 2.42. The number of nitrogens with zero attached hydrogens (tertiary/aromatic N) is 2. The van der Waals surface area contributed by atoms with Crippen molar-refractivity contribution in [3.8, 4) is 5.69 Å². The zero-order chi connectivity index (χ0) is 12.7. The van der Waals surface area contributed by atoms with Crippen LogP contribution in [0, 0.1) is 6.92 Å². The third-order valence-corrected chi connectivity index (χ3v) is 3.25. The van der Waals surface area contributed by atoms with E-state index in [0.29, 0.717) is 0 Å². The number of aromatic nitrogens is 2. The highest BCUT2D eigenvalue weighted by atomic mass is 16.1. The second-order valence-electron chi connectivity index (χ2n) is 4.51. The number of hydrogen-bond donors (Lipinski definition) is 0. The fraction of sp³-hybridized carbons (Fsp3) is 0.133. The molecule has 3 rings (SSSR count). The molecule has 0 aliphatic rings. The van der Waals surface area contributed by atoms with Crippen molar-refractivity contribution in [3.63, 3.8) is 0 Å². The van der Waals surface area contributed by atoms with Gasteiger partial charge in [-0.05, 0) is 30.7 Å². The molecule has 0 fully saturated rings. The van der Waals surface area contributed by atoms with E-state index in [-0.39, 0.29) is 5.56 Å². The summed E-state index contributed by atoms with van der Waals surface area (Å²) in [7, 11) is 1.96. The summed E-state index contributed by atoms with van der Waals surface area (Å²) in [5.74, 6) is 0. The zero-order valence-electron chi connectivity index (χ0n) is 10.4. The quantitative estimate of drug-likeness (QED) is 0.640. The molecule has 0 amide bonds. The molecule has 2 aromatic heterocycles. The molecule has 0 radical (unpaired) electrons. The number of benzene rings is 1. The van der Waals surface area contributed by atoms with Crippen LogP contribution in [-0.2, 0) is 7.05 Å². The largest absolute Gasteiger partial charge is 0.350 e. The number of para-hydroxylation sites is 1. The maximum absolute atomic E-state index is 12.4. The van der Waals surface area contributed by atoms with Crippen LogP contribution < -0.4 is 5.56 Å². The van der Waals surface area contributed by atoms with Crippen LogP contribution in [0.15, 0.2) is 53.6 Å². The Labute approximate surface area is 105 Å². The fourth-order valence-electron chi connectivity index (χ4n) is 2.42. The van der Waals surface area contributed by atoms with E-state index in [9.17, 15) is 4.79 Å². The number of hydrogen-bond acceptors (Lipinski definition) is 1. The summed E-state index contributed by atoms with van der Waals surface area (Å²) in [6.07, 6.45) is 3.83. The van der Waals surface area contributed by atoms with Gasteiger partial charge in [-0.15, -0.1) is 0 Å². The smallest absolute Gasteiger partial charge is 0.264 e. The maximum atomic E-state index is 12.4. The van der Waals surface area contributed by atoms with Gasteiger partial charge in [0.2, 0.25) is 0 Å². The standard InChI is InChI=1S/C15H14N2O/c1-11-10-17(12-6-4-3-5-7-12)15(18)13-8-9-16(2)14(11)13/h3-10H,1-2H3. The lowest BCUT2D eigenvalue weighted by Gasteiger charge is -2.09. The predicted molar refractivity (Wildman–Crippen MR) is 73.3 cm³/mol. The van der Waals surface area contributed by atoms with Crippen LogP contribution in [-0.4, -0.2) is 9.13 Å². The molecule has 3 aromatic rings. The minimum Gasteiger partial charge on any atom is -0.350 e. The van der Waals surface area contributed by atoms with Gasteiger partial charge >= 0.3 is 0 Å². The van der Waals surface area contributed by atoms with Crippen molar-refractivity contribution >= 4 is 10.9 Å². The molecule has 3 heteroatoms. The Balaban J connectivity index is 2.40. The second kappa shape index (κ2) is 3.88. The third-order valence-electron chi connectivity index (χ3n) is 3.25. The van der Waals surface area contributed by atoms with E-state index >= 15 is 0 Å². The van der Waals surface area contributed by atoms with Crippen LogP contribution in [0.5, 0.6) is 0 Å². The Morgan fingerprint density at radius 2 is 1.78 bits per heavy atom. The third kappa shape index (κ3) is 1.48. The molecule has 2 heterocycles. The van der Waals surface area contributed by atoms with Gasteiger partial charge in [0, 0.05) is 25.1 Å². The summed E-state index contributed by atoms with van der Waals surface area (Å²) in [4.78, 5) is 12.4.